The van der Waals surface area contributed by atoms with Gasteiger partial charge in [0, 0.05) is 0 Å². The summed E-state index contributed by atoms with van der Waals surface area (Å²) >= 11 is 0. The summed E-state index contributed by atoms with van der Waals surface area (Å²) in [5.74, 6) is -0.831. The highest BCUT2D eigenvalue weighted by Gasteiger charge is 2.36. The number of hydrogen-bond donors (Lipinski definition) is 1. The molecule has 0 spiro atoms. The number of ether oxygens (including phenoxy) is 1. The van der Waals surface area contributed by atoms with Crippen LogP contribution in [0.2, 0.25) is 0 Å². The van der Waals surface area contributed by atoms with Gasteiger partial charge in [0.1, 0.15) is 5.60 Å². The van der Waals surface area contributed by atoms with Gasteiger partial charge < -0.3 is 9.84 Å². The van der Waals surface area contributed by atoms with Crippen LogP contribution >= 0.6 is 0 Å². The van der Waals surface area contributed by atoms with Crippen molar-refractivity contribution in [2.75, 3.05) is 0 Å². The van der Waals surface area contributed by atoms with Crippen LogP contribution in [0.1, 0.15) is 113 Å². The first-order valence-corrected chi connectivity index (χ1v) is 12.0. The van der Waals surface area contributed by atoms with Gasteiger partial charge in [-0.1, -0.05) is 97.8 Å². The maximum atomic E-state index is 13.2. The molecule has 0 saturated heterocycles. The molecule has 1 aromatic carbocycles. The first-order valence-electron chi connectivity index (χ1n) is 12.0. The molecule has 0 amide bonds. The van der Waals surface area contributed by atoms with Gasteiger partial charge in [0.15, 0.2) is 0 Å². The molecule has 0 saturated carbocycles. The highest BCUT2D eigenvalue weighted by atomic mass is 16.6. The Morgan fingerprint density at radius 2 is 1.45 bits per heavy atom. The fourth-order valence-corrected chi connectivity index (χ4v) is 4.33. The minimum atomic E-state index is -1.12. The zero-order valence-electron chi connectivity index (χ0n) is 20.0. The van der Waals surface area contributed by atoms with Crippen molar-refractivity contribution in [3.05, 3.63) is 48.0 Å². The summed E-state index contributed by atoms with van der Waals surface area (Å²) in [5, 5.41) is 9.50. The Bertz CT molecular complexity index is 676. The Morgan fingerprint density at radius 1 is 0.968 bits per heavy atom. The maximum Gasteiger partial charge on any atom is 0.339 e. The largest absolute Gasteiger partial charge is 0.478 e. The van der Waals surface area contributed by atoms with Crippen LogP contribution in [0.3, 0.4) is 0 Å². The van der Waals surface area contributed by atoms with Gasteiger partial charge in [-0.25, -0.2) is 9.59 Å². The molecule has 0 heterocycles. The molecule has 0 aliphatic rings. The molecule has 1 rings (SSSR count). The molecule has 0 aliphatic heterocycles. The number of unbranched alkanes of at least 4 members (excludes halogenated alkanes) is 2. The predicted octanol–water partition coefficient (Wildman–Crippen LogP) is 7.68. The van der Waals surface area contributed by atoms with E-state index in [2.05, 4.69) is 34.3 Å². The van der Waals surface area contributed by atoms with E-state index < -0.39 is 17.5 Å². The standard InChI is InChI=1S/C27H42O4/c1-6-11-15-21(8-3)19-27(10-5,20-22(9-4)16-12-7-2)31-26(30)24-18-14-13-17-23(24)25(28)29/h10,13-14,17-18,21-22H,5-9,11-12,15-16,19-20H2,1-4H3,(H,28,29). The molecule has 1 N–H and O–H groups in total. The molecule has 0 fully saturated rings. The molecule has 0 aromatic heterocycles. The van der Waals surface area contributed by atoms with E-state index in [4.69, 9.17) is 4.74 Å². The van der Waals surface area contributed by atoms with Crippen molar-refractivity contribution in [2.24, 2.45) is 11.8 Å². The number of carbonyl (C=O) groups excluding carboxylic acids is 1. The van der Waals surface area contributed by atoms with Gasteiger partial charge in [0.05, 0.1) is 11.1 Å². The second-order valence-corrected chi connectivity index (χ2v) is 8.75. The first kappa shape index (κ1) is 26.9. The zero-order valence-corrected chi connectivity index (χ0v) is 20.0. The summed E-state index contributed by atoms with van der Waals surface area (Å²) in [5.41, 5.74) is -0.711. The molecule has 174 valence electrons. The number of carbonyl (C=O) groups is 2. The number of esters is 1. The van der Waals surface area contributed by atoms with Crippen LogP contribution < -0.4 is 0 Å². The van der Waals surface area contributed by atoms with E-state index in [-0.39, 0.29) is 11.1 Å². The van der Waals surface area contributed by atoms with Gasteiger partial charge in [0.25, 0.3) is 0 Å². The van der Waals surface area contributed by atoms with Crippen LogP contribution in [0.5, 0.6) is 0 Å². The van der Waals surface area contributed by atoms with Gasteiger partial charge in [-0.3, -0.25) is 0 Å². The molecular weight excluding hydrogens is 388 g/mol. The lowest BCUT2D eigenvalue weighted by Crippen LogP contribution is -2.38. The number of carboxylic acids is 1. The monoisotopic (exact) mass is 430 g/mol. The second kappa shape index (κ2) is 14.1. The third-order valence-electron chi connectivity index (χ3n) is 6.40. The molecule has 1 aromatic rings. The molecule has 0 radical (unpaired) electrons. The van der Waals surface area contributed by atoms with Crippen molar-refractivity contribution in [3.63, 3.8) is 0 Å². The lowest BCUT2D eigenvalue weighted by Gasteiger charge is -2.36. The first-order chi connectivity index (χ1) is 14.9. The fraction of sp³-hybridized carbons (Fsp3) is 0.630. The highest BCUT2D eigenvalue weighted by molar-refractivity contribution is 6.02. The lowest BCUT2D eigenvalue weighted by molar-refractivity contribution is -0.0190. The Labute approximate surface area is 189 Å². The summed E-state index contributed by atoms with van der Waals surface area (Å²) in [6.45, 7) is 12.8. The molecule has 31 heavy (non-hydrogen) atoms. The number of carboxylic acid groups (broad SMARTS) is 1. The summed E-state index contributed by atoms with van der Waals surface area (Å²) in [6, 6.07) is 6.27. The number of aromatic carboxylic acids is 1. The smallest absolute Gasteiger partial charge is 0.339 e. The topological polar surface area (TPSA) is 63.6 Å². The van der Waals surface area contributed by atoms with Crippen LogP contribution in [-0.4, -0.2) is 22.6 Å². The Morgan fingerprint density at radius 3 is 1.84 bits per heavy atom. The van der Waals surface area contributed by atoms with E-state index in [1.165, 1.54) is 12.1 Å². The molecule has 4 nitrogen and oxygen atoms in total. The third-order valence-corrected chi connectivity index (χ3v) is 6.40. The Hall–Kier alpha value is -2.10. The minimum Gasteiger partial charge on any atom is -0.478 e. The van der Waals surface area contributed by atoms with Crippen LogP contribution in [-0.2, 0) is 4.74 Å². The van der Waals surface area contributed by atoms with Crippen LogP contribution in [0.25, 0.3) is 0 Å². The molecule has 0 aliphatic carbocycles. The Kier molecular flexibility index (Phi) is 12.2. The van der Waals surface area contributed by atoms with Gasteiger partial charge in [-0.2, -0.15) is 0 Å². The van der Waals surface area contributed by atoms with Gasteiger partial charge in [-0.05, 0) is 42.9 Å². The number of benzene rings is 1. The van der Waals surface area contributed by atoms with Crippen molar-refractivity contribution in [1.29, 1.82) is 0 Å². The summed E-state index contributed by atoms with van der Waals surface area (Å²) in [4.78, 5) is 24.8. The fourth-order valence-electron chi connectivity index (χ4n) is 4.33. The van der Waals surface area contributed by atoms with E-state index in [0.717, 1.165) is 64.2 Å². The van der Waals surface area contributed by atoms with E-state index in [9.17, 15) is 14.7 Å². The van der Waals surface area contributed by atoms with E-state index >= 15 is 0 Å². The normalized spacial score (nSPS) is 15.0. The van der Waals surface area contributed by atoms with Crippen LogP contribution in [0.4, 0.5) is 0 Å². The van der Waals surface area contributed by atoms with Gasteiger partial charge in [0.2, 0.25) is 0 Å². The quantitative estimate of drug-likeness (QED) is 0.216. The van der Waals surface area contributed by atoms with Crippen LogP contribution in [0, 0.1) is 11.8 Å². The van der Waals surface area contributed by atoms with Gasteiger partial charge >= 0.3 is 11.9 Å². The van der Waals surface area contributed by atoms with Gasteiger partial charge in [-0.15, -0.1) is 0 Å². The average Bonchev–Trinajstić information content (AvgIpc) is 2.78. The van der Waals surface area contributed by atoms with Crippen molar-refractivity contribution in [1.82, 2.24) is 0 Å². The lowest BCUT2D eigenvalue weighted by atomic mass is 9.78. The highest BCUT2D eigenvalue weighted by Crippen LogP contribution is 2.36. The number of hydrogen-bond acceptors (Lipinski definition) is 3. The van der Waals surface area contributed by atoms with Crippen molar-refractivity contribution >= 4 is 11.9 Å². The average molecular weight is 431 g/mol. The summed E-state index contributed by atoms with van der Waals surface area (Å²) in [7, 11) is 0. The molecule has 2 unspecified atom stereocenters. The SMILES string of the molecule is C=CC(CC(CC)CCCC)(CC(CC)CCCC)OC(=O)c1ccccc1C(=O)O. The summed E-state index contributed by atoms with van der Waals surface area (Å²) < 4.78 is 6.17. The zero-order chi connectivity index (χ0) is 23.3. The van der Waals surface area contributed by atoms with E-state index in [1.807, 2.05) is 0 Å². The maximum absolute atomic E-state index is 13.2. The summed E-state index contributed by atoms with van der Waals surface area (Å²) in [6.07, 6.45) is 12.1. The second-order valence-electron chi connectivity index (χ2n) is 8.75. The molecular formula is C27H42O4. The predicted molar refractivity (Wildman–Crippen MR) is 128 cm³/mol. The van der Waals surface area contributed by atoms with Crippen molar-refractivity contribution in [2.45, 2.75) is 97.5 Å². The van der Waals surface area contributed by atoms with E-state index in [1.54, 1.807) is 18.2 Å². The van der Waals surface area contributed by atoms with Crippen molar-refractivity contribution in [3.8, 4) is 0 Å². The van der Waals surface area contributed by atoms with E-state index in [0.29, 0.717) is 11.8 Å². The molecule has 2 atom stereocenters. The molecule has 0 bridgehead atoms. The van der Waals surface area contributed by atoms with Crippen LogP contribution in [0.15, 0.2) is 36.9 Å². The molecule has 4 heteroatoms. The minimum absolute atomic E-state index is 0.0264. The Balaban J connectivity index is 3.24. The number of rotatable bonds is 16. The van der Waals surface area contributed by atoms with Crippen molar-refractivity contribution < 1.29 is 19.4 Å². The third kappa shape index (κ3) is 8.51.